The maximum Gasteiger partial charge on any atom is 0.244 e. The van der Waals surface area contributed by atoms with E-state index in [1.54, 1.807) is 19.9 Å². The molecule has 0 saturated carbocycles. The summed E-state index contributed by atoms with van der Waals surface area (Å²) in [5.74, 6) is 4.97. The van der Waals surface area contributed by atoms with E-state index in [-0.39, 0.29) is 23.5 Å². The number of nitrogens with two attached hydrogens (primary N) is 1. The molecule has 1 aromatic carbocycles. The molecule has 121 valence electrons. The van der Waals surface area contributed by atoms with Crippen molar-refractivity contribution < 1.29 is 14.7 Å². The number of phenolic OH excluding ortho intramolecular Hbond substituents is 1. The molecule has 0 aliphatic rings. The summed E-state index contributed by atoms with van der Waals surface area (Å²) in [5.41, 5.74) is 2.99. The van der Waals surface area contributed by atoms with Crippen molar-refractivity contribution in [2.24, 2.45) is 5.84 Å². The van der Waals surface area contributed by atoms with Crippen molar-refractivity contribution in [3.05, 3.63) is 28.8 Å². The average molecular weight is 305 g/mol. The summed E-state index contributed by atoms with van der Waals surface area (Å²) in [4.78, 5) is 22.6. The van der Waals surface area contributed by atoms with Gasteiger partial charge < -0.3 is 5.11 Å². The van der Waals surface area contributed by atoms with Crippen LogP contribution >= 0.6 is 0 Å². The number of carbonyl (C=O) groups excluding carboxylic acids is 2. The summed E-state index contributed by atoms with van der Waals surface area (Å²) in [5, 5.41) is 10.7. The van der Waals surface area contributed by atoms with Crippen LogP contribution in [0.4, 0.5) is 0 Å². The first-order chi connectivity index (χ1) is 10.1. The molecule has 0 fully saturated rings. The van der Waals surface area contributed by atoms with Gasteiger partial charge in [-0.1, -0.05) is 32.9 Å². The molecule has 0 aromatic heterocycles. The third-order valence-electron chi connectivity index (χ3n) is 3.87. The number of benzene rings is 1. The monoisotopic (exact) mass is 305 g/mol. The van der Waals surface area contributed by atoms with Crippen molar-refractivity contribution in [1.29, 1.82) is 0 Å². The van der Waals surface area contributed by atoms with Crippen LogP contribution < -0.4 is 11.3 Å². The highest BCUT2D eigenvalue weighted by Gasteiger charge is 2.34. The van der Waals surface area contributed by atoms with Crippen LogP contribution in [0.2, 0.25) is 0 Å². The Kier molecular flexibility index (Phi) is 5.35. The Balaban J connectivity index is 3.55. The Morgan fingerprint density at radius 2 is 1.77 bits per heavy atom. The van der Waals surface area contributed by atoms with E-state index in [9.17, 15) is 14.7 Å². The molecule has 0 bridgehead atoms. The Labute approximate surface area is 131 Å². The molecule has 0 saturated heterocycles. The van der Waals surface area contributed by atoms with E-state index in [4.69, 9.17) is 5.84 Å². The molecule has 1 aromatic rings. The average Bonchev–Trinajstić information content (AvgIpc) is 2.43. The van der Waals surface area contributed by atoms with Crippen molar-refractivity contribution in [2.45, 2.75) is 58.3 Å². The molecule has 0 aliphatic carbocycles. The van der Waals surface area contributed by atoms with Crippen molar-refractivity contribution in [2.75, 3.05) is 0 Å². The number of amides is 1. The highest BCUT2D eigenvalue weighted by atomic mass is 16.3. The van der Waals surface area contributed by atoms with Crippen LogP contribution in [0.15, 0.2) is 12.1 Å². The van der Waals surface area contributed by atoms with Gasteiger partial charge in [0.25, 0.3) is 0 Å². The second-order valence-corrected chi connectivity index (χ2v) is 7.03. The molecule has 0 unspecified atom stereocenters. The summed E-state index contributed by atoms with van der Waals surface area (Å²) in [6, 6.07) is 3.64. The van der Waals surface area contributed by atoms with Gasteiger partial charge >= 0.3 is 0 Å². The number of phenols is 1. The van der Waals surface area contributed by atoms with Crippen LogP contribution in [0.5, 0.6) is 5.75 Å². The van der Waals surface area contributed by atoms with Gasteiger partial charge in [-0.25, -0.2) is 5.84 Å². The molecular weight excluding hydrogens is 280 g/mol. The second-order valence-electron chi connectivity index (χ2n) is 7.03. The molecule has 0 atom stereocenters. The highest BCUT2D eigenvalue weighted by Crippen LogP contribution is 2.40. The maximum absolute atomic E-state index is 12.1. The number of hydrogen-bond acceptors (Lipinski definition) is 4. The van der Waals surface area contributed by atoms with Gasteiger partial charge in [-0.3, -0.25) is 15.0 Å². The molecule has 1 amide bonds. The minimum absolute atomic E-state index is 0.0972. The van der Waals surface area contributed by atoms with Crippen LogP contribution in [0.1, 0.15) is 57.7 Å². The normalized spacial score (nSPS) is 12.1. The van der Waals surface area contributed by atoms with Gasteiger partial charge in [-0.2, -0.15) is 0 Å². The number of aromatic hydroxyl groups is 1. The first-order valence-electron chi connectivity index (χ1n) is 7.28. The zero-order valence-corrected chi connectivity index (χ0v) is 13.9. The summed E-state index contributed by atoms with van der Waals surface area (Å²) in [6.45, 7) is 9.35. The van der Waals surface area contributed by atoms with Crippen LogP contribution in [-0.4, -0.2) is 17.3 Å². The minimum atomic E-state index is -0.986. The minimum Gasteiger partial charge on any atom is -0.507 e. The number of aryl methyl sites for hydroxylation is 1. The highest BCUT2D eigenvalue weighted by molar-refractivity contribution is 5.88. The van der Waals surface area contributed by atoms with Gasteiger partial charge in [0, 0.05) is 12.0 Å². The largest absolute Gasteiger partial charge is 0.507 e. The fourth-order valence-electron chi connectivity index (χ4n) is 2.38. The van der Waals surface area contributed by atoms with Gasteiger partial charge in [0.15, 0.2) is 6.29 Å². The summed E-state index contributed by atoms with van der Waals surface area (Å²) < 4.78 is 0. The topological polar surface area (TPSA) is 92.4 Å². The molecule has 1 radical (unpaired) electrons. The second kappa shape index (κ2) is 6.48. The summed E-state index contributed by atoms with van der Waals surface area (Å²) in [7, 11) is 0. The van der Waals surface area contributed by atoms with E-state index in [1.807, 2.05) is 33.1 Å². The maximum atomic E-state index is 12.1. The van der Waals surface area contributed by atoms with E-state index in [1.165, 1.54) is 0 Å². The van der Waals surface area contributed by atoms with Crippen molar-refractivity contribution >= 4 is 12.2 Å². The SMILES string of the molecule is CC(C)(C)c1cc(CC[C]=O)cc(C(C)(C)C(=O)NN)c1O. The number of rotatable bonds is 5. The molecule has 0 heterocycles. The predicted molar refractivity (Wildman–Crippen MR) is 86.2 cm³/mol. The molecule has 4 N–H and O–H groups in total. The van der Waals surface area contributed by atoms with Gasteiger partial charge in [0.1, 0.15) is 5.75 Å². The van der Waals surface area contributed by atoms with Gasteiger partial charge in [0.2, 0.25) is 5.91 Å². The zero-order valence-electron chi connectivity index (χ0n) is 13.9. The van der Waals surface area contributed by atoms with Crippen molar-refractivity contribution in [1.82, 2.24) is 5.43 Å². The number of hydrogen-bond donors (Lipinski definition) is 3. The Morgan fingerprint density at radius 1 is 1.23 bits per heavy atom. The smallest absolute Gasteiger partial charge is 0.244 e. The molecular formula is C17H25N2O3. The lowest BCUT2D eigenvalue weighted by Gasteiger charge is -2.29. The van der Waals surface area contributed by atoms with Crippen LogP contribution in [0, 0.1) is 0 Å². The first-order valence-corrected chi connectivity index (χ1v) is 7.28. The molecule has 5 heteroatoms. The summed E-state index contributed by atoms with van der Waals surface area (Å²) >= 11 is 0. The lowest BCUT2D eigenvalue weighted by atomic mass is 9.76. The van der Waals surface area contributed by atoms with E-state index < -0.39 is 5.41 Å². The van der Waals surface area contributed by atoms with Crippen molar-refractivity contribution in [3.8, 4) is 5.75 Å². The summed E-state index contributed by atoms with van der Waals surface area (Å²) in [6.07, 6.45) is 2.66. The molecule has 0 aliphatic heterocycles. The van der Waals surface area contributed by atoms with Gasteiger partial charge in [0.05, 0.1) is 5.41 Å². The van der Waals surface area contributed by atoms with Crippen LogP contribution in [0.25, 0.3) is 0 Å². The number of hydrazine groups is 1. The first kappa shape index (κ1) is 18.2. The molecule has 22 heavy (non-hydrogen) atoms. The Morgan fingerprint density at radius 3 is 2.23 bits per heavy atom. The fourth-order valence-corrected chi connectivity index (χ4v) is 2.38. The quantitative estimate of drug-likeness (QED) is 0.441. The lowest BCUT2D eigenvalue weighted by molar-refractivity contribution is -0.125. The van der Waals surface area contributed by atoms with E-state index in [0.717, 1.165) is 11.1 Å². The van der Waals surface area contributed by atoms with Crippen LogP contribution in [0.3, 0.4) is 0 Å². The van der Waals surface area contributed by atoms with E-state index in [2.05, 4.69) is 5.43 Å². The Hall–Kier alpha value is -1.88. The lowest BCUT2D eigenvalue weighted by Crippen LogP contribution is -2.43. The number of nitrogens with one attached hydrogen (secondary N) is 1. The van der Waals surface area contributed by atoms with Crippen molar-refractivity contribution in [3.63, 3.8) is 0 Å². The predicted octanol–water partition coefficient (Wildman–Crippen LogP) is 2.00. The third kappa shape index (κ3) is 3.65. The van der Waals surface area contributed by atoms with Gasteiger partial charge in [-0.05, 0) is 36.8 Å². The van der Waals surface area contributed by atoms with E-state index in [0.29, 0.717) is 12.0 Å². The Bertz CT molecular complexity index is 572. The standard InChI is InChI=1S/C17H25N2O3/c1-16(2,3)12-9-11(7-6-8-20)10-13(14(12)21)17(4,5)15(22)19-18/h9-10,21H,6-7,18H2,1-5H3,(H,19,22). The molecule has 5 nitrogen and oxygen atoms in total. The number of carbonyl (C=O) groups is 1. The third-order valence-corrected chi connectivity index (χ3v) is 3.87. The molecule has 0 spiro atoms. The van der Waals surface area contributed by atoms with E-state index >= 15 is 0 Å². The van der Waals surface area contributed by atoms with Gasteiger partial charge in [-0.15, -0.1) is 0 Å². The van der Waals surface area contributed by atoms with Crippen LogP contribution in [-0.2, 0) is 26.8 Å². The zero-order chi connectivity index (χ0) is 17.1. The molecule has 1 rings (SSSR count). The fraction of sp³-hybridized carbons (Fsp3) is 0.529.